The summed E-state index contributed by atoms with van der Waals surface area (Å²) in [7, 11) is 1.65. The Morgan fingerprint density at radius 2 is 1.78 bits per heavy atom. The number of unbranched alkanes of at least 4 members (excludes halogenated alkanes) is 5. The summed E-state index contributed by atoms with van der Waals surface area (Å²) in [5, 5.41) is 0. The van der Waals surface area contributed by atoms with Crippen LogP contribution in [0.4, 0.5) is 0 Å². The van der Waals surface area contributed by atoms with Gasteiger partial charge in [-0.15, -0.1) is 11.6 Å². The lowest BCUT2D eigenvalue weighted by molar-refractivity contribution is -0.131. The maximum atomic E-state index is 11.9. The van der Waals surface area contributed by atoms with E-state index in [-0.39, 0.29) is 5.91 Å². The van der Waals surface area contributed by atoms with E-state index in [0.717, 1.165) is 12.8 Å². The zero-order valence-corrected chi connectivity index (χ0v) is 12.7. The fourth-order valence-electron chi connectivity index (χ4n) is 1.88. The monoisotopic (exact) mass is 277 g/mol. The molecule has 0 aromatic carbocycles. The molecule has 1 amide bonds. The second-order valence-electron chi connectivity index (χ2n) is 4.58. The van der Waals surface area contributed by atoms with Gasteiger partial charge in [-0.05, 0) is 6.42 Å². The summed E-state index contributed by atoms with van der Waals surface area (Å²) in [6, 6.07) is 0. The zero-order valence-electron chi connectivity index (χ0n) is 11.9. The predicted molar refractivity (Wildman–Crippen MR) is 77.2 cm³/mol. The van der Waals surface area contributed by atoms with Crippen LogP contribution in [0.1, 0.15) is 51.9 Å². The minimum atomic E-state index is 0.211. The molecule has 3 nitrogen and oxygen atoms in total. The lowest BCUT2D eigenvalue weighted by Gasteiger charge is -2.21. The van der Waals surface area contributed by atoms with E-state index in [0.29, 0.717) is 32.0 Å². The topological polar surface area (TPSA) is 29.5 Å². The van der Waals surface area contributed by atoms with E-state index >= 15 is 0 Å². The summed E-state index contributed by atoms with van der Waals surface area (Å²) in [6.45, 7) is 4.07. The zero-order chi connectivity index (χ0) is 13.6. The van der Waals surface area contributed by atoms with Gasteiger partial charge in [0.2, 0.25) is 5.91 Å². The largest absolute Gasteiger partial charge is 0.383 e. The summed E-state index contributed by atoms with van der Waals surface area (Å²) >= 11 is 5.70. The van der Waals surface area contributed by atoms with Crippen molar-refractivity contribution in [3.63, 3.8) is 0 Å². The normalized spacial score (nSPS) is 10.6. The molecule has 0 aliphatic carbocycles. The third-order valence-electron chi connectivity index (χ3n) is 3.02. The van der Waals surface area contributed by atoms with Crippen LogP contribution in [0.2, 0.25) is 0 Å². The van der Waals surface area contributed by atoms with Gasteiger partial charge in [0, 0.05) is 32.5 Å². The van der Waals surface area contributed by atoms with E-state index in [1.807, 2.05) is 4.90 Å². The van der Waals surface area contributed by atoms with E-state index in [4.69, 9.17) is 16.3 Å². The van der Waals surface area contributed by atoms with Crippen LogP contribution in [0, 0.1) is 0 Å². The summed E-state index contributed by atoms with van der Waals surface area (Å²) in [4.78, 5) is 13.7. The van der Waals surface area contributed by atoms with Crippen LogP contribution in [0.15, 0.2) is 0 Å². The molecule has 0 aromatic rings. The van der Waals surface area contributed by atoms with Crippen LogP contribution in [-0.4, -0.2) is 43.5 Å². The van der Waals surface area contributed by atoms with E-state index in [1.165, 1.54) is 25.7 Å². The summed E-state index contributed by atoms with van der Waals surface area (Å²) < 4.78 is 5.00. The number of hydrogen-bond donors (Lipinski definition) is 0. The van der Waals surface area contributed by atoms with Crippen LogP contribution in [0.25, 0.3) is 0 Å². The number of carbonyl (C=O) groups excluding carboxylic acids is 1. The highest BCUT2D eigenvalue weighted by atomic mass is 35.5. The van der Waals surface area contributed by atoms with E-state index < -0.39 is 0 Å². The highest BCUT2D eigenvalue weighted by Crippen LogP contribution is 2.08. The Morgan fingerprint density at radius 3 is 2.39 bits per heavy atom. The predicted octanol–water partition coefficient (Wildman–Crippen LogP) is 3.45. The first-order valence-corrected chi connectivity index (χ1v) is 7.62. The van der Waals surface area contributed by atoms with Gasteiger partial charge in [-0.2, -0.15) is 0 Å². The average molecular weight is 278 g/mol. The van der Waals surface area contributed by atoms with Gasteiger partial charge < -0.3 is 9.64 Å². The molecule has 0 N–H and O–H groups in total. The van der Waals surface area contributed by atoms with Gasteiger partial charge in [0.05, 0.1) is 6.61 Å². The van der Waals surface area contributed by atoms with Crippen LogP contribution in [0.3, 0.4) is 0 Å². The second kappa shape index (κ2) is 13.2. The standard InChI is InChI=1S/C14H28ClNO2/c1-3-4-5-6-7-8-9-14(17)16(11-10-15)12-13-18-2/h3-13H2,1-2H3. The first kappa shape index (κ1) is 17.7. The summed E-state index contributed by atoms with van der Waals surface area (Å²) in [6.07, 6.45) is 7.90. The molecule has 4 heteroatoms. The number of amides is 1. The molecular weight excluding hydrogens is 250 g/mol. The number of methoxy groups -OCH3 is 1. The molecule has 0 spiro atoms. The number of ether oxygens (including phenoxy) is 1. The van der Waals surface area contributed by atoms with Gasteiger partial charge in [0.1, 0.15) is 0 Å². The third-order valence-corrected chi connectivity index (χ3v) is 3.19. The Morgan fingerprint density at radius 1 is 1.11 bits per heavy atom. The molecule has 18 heavy (non-hydrogen) atoms. The number of nitrogens with zero attached hydrogens (tertiary/aromatic N) is 1. The first-order chi connectivity index (χ1) is 8.76. The maximum absolute atomic E-state index is 11.9. The Hall–Kier alpha value is -0.280. The lowest BCUT2D eigenvalue weighted by Crippen LogP contribution is -2.35. The minimum Gasteiger partial charge on any atom is -0.383 e. The number of rotatable bonds is 12. The van der Waals surface area contributed by atoms with E-state index in [2.05, 4.69) is 6.92 Å². The van der Waals surface area contributed by atoms with Crippen molar-refractivity contribution in [1.29, 1.82) is 0 Å². The highest BCUT2D eigenvalue weighted by molar-refractivity contribution is 6.18. The number of alkyl halides is 1. The average Bonchev–Trinajstić information content (AvgIpc) is 2.38. The SMILES string of the molecule is CCCCCCCCC(=O)N(CCCl)CCOC. The Labute approximate surface area is 117 Å². The third kappa shape index (κ3) is 9.72. The van der Waals surface area contributed by atoms with Gasteiger partial charge in [0.15, 0.2) is 0 Å². The molecular formula is C14H28ClNO2. The van der Waals surface area contributed by atoms with E-state index in [1.54, 1.807) is 7.11 Å². The van der Waals surface area contributed by atoms with Crippen molar-refractivity contribution in [3.8, 4) is 0 Å². The number of carbonyl (C=O) groups is 1. The number of halogens is 1. The molecule has 0 heterocycles. The van der Waals surface area contributed by atoms with Crippen LogP contribution < -0.4 is 0 Å². The Bertz CT molecular complexity index is 200. The van der Waals surface area contributed by atoms with E-state index in [9.17, 15) is 4.79 Å². The molecule has 0 aliphatic heterocycles. The van der Waals surface area contributed by atoms with Crippen molar-refractivity contribution in [3.05, 3.63) is 0 Å². The lowest BCUT2D eigenvalue weighted by atomic mass is 10.1. The molecule has 0 aromatic heterocycles. The Balaban J connectivity index is 3.67. The van der Waals surface area contributed by atoms with Gasteiger partial charge in [0.25, 0.3) is 0 Å². The van der Waals surface area contributed by atoms with Gasteiger partial charge >= 0.3 is 0 Å². The molecule has 108 valence electrons. The highest BCUT2D eigenvalue weighted by Gasteiger charge is 2.11. The fraction of sp³-hybridized carbons (Fsp3) is 0.929. The molecule has 0 unspecified atom stereocenters. The van der Waals surface area contributed by atoms with Gasteiger partial charge in [-0.1, -0.05) is 39.0 Å². The fourth-order valence-corrected chi connectivity index (χ4v) is 2.08. The quantitative estimate of drug-likeness (QED) is 0.404. The molecule has 0 saturated carbocycles. The van der Waals surface area contributed by atoms with Crippen molar-refractivity contribution >= 4 is 17.5 Å². The van der Waals surface area contributed by atoms with Crippen molar-refractivity contribution in [2.24, 2.45) is 0 Å². The van der Waals surface area contributed by atoms with Gasteiger partial charge in [-0.25, -0.2) is 0 Å². The van der Waals surface area contributed by atoms with Crippen molar-refractivity contribution in [2.45, 2.75) is 51.9 Å². The van der Waals surface area contributed by atoms with Crippen molar-refractivity contribution in [1.82, 2.24) is 4.90 Å². The Kier molecular flexibility index (Phi) is 13.0. The molecule has 0 atom stereocenters. The first-order valence-electron chi connectivity index (χ1n) is 7.09. The molecule has 0 radical (unpaired) electrons. The number of hydrogen-bond acceptors (Lipinski definition) is 2. The molecule has 0 bridgehead atoms. The van der Waals surface area contributed by atoms with Gasteiger partial charge in [-0.3, -0.25) is 4.79 Å². The summed E-state index contributed by atoms with van der Waals surface area (Å²) in [5.41, 5.74) is 0. The van der Waals surface area contributed by atoms with Crippen molar-refractivity contribution < 1.29 is 9.53 Å². The summed E-state index contributed by atoms with van der Waals surface area (Å²) in [5.74, 6) is 0.703. The molecule has 0 rings (SSSR count). The molecule has 0 saturated heterocycles. The van der Waals surface area contributed by atoms with Crippen LogP contribution in [0.5, 0.6) is 0 Å². The second-order valence-corrected chi connectivity index (χ2v) is 4.96. The molecule has 0 aliphatic rings. The van der Waals surface area contributed by atoms with Crippen molar-refractivity contribution in [2.75, 3.05) is 32.7 Å². The van der Waals surface area contributed by atoms with Crippen LogP contribution >= 0.6 is 11.6 Å². The minimum absolute atomic E-state index is 0.211. The smallest absolute Gasteiger partial charge is 0.222 e. The van der Waals surface area contributed by atoms with Crippen LogP contribution in [-0.2, 0) is 9.53 Å². The molecule has 0 fully saturated rings. The maximum Gasteiger partial charge on any atom is 0.222 e.